The summed E-state index contributed by atoms with van der Waals surface area (Å²) in [6, 6.07) is 6.64. The molecule has 102 valence electrons. The van der Waals surface area contributed by atoms with E-state index >= 15 is 0 Å². The van der Waals surface area contributed by atoms with E-state index in [1.54, 1.807) is 38.1 Å². The molecule has 0 spiro atoms. The van der Waals surface area contributed by atoms with Gasteiger partial charge in [0, 0.05) is 16.6 Å². The molecule has 2 rings (SSSR count). The number of hydrogen-bond acceptors (Lipinski definition) is 4. The van der Waals surface area contributed by atoms with E-state index in [2.05, 4.69) is 19.9 Å². The van der Waals surface area contributed by atoms with E-state index in [1.165, 1.54) is 0 Å². The highest BCUT2D eigenvalue weighted by Gasteiger charge is 2.20. The second-order valence-corrected chi connectivity index (χ2v) is 6.33. The van der Waals surface area contributed by atoms with E-state index in [4.69, 9.17) is 11.6 Å². The molecule has 0 saturated heterocycles. The van der Waals surface area contributed by atoms with Crippen LogP contribution < -0.4 is 4.72 Å². The van der Waals surface area contributed by atoms with Crippen LogP contribution in [0.15, 0.2) is 29.4 Å². The molecule has 0 bridgehead atoms. The summed E-state index contributed by atoms with van der Waals surface area (Å²) in [7, 11) is -3.66. The Morgan fingerprint density at radius 1 is 1.21 bits per heavy atom. The Kier molecular flexibility index (Phi) is 3.88. The fraction of sp³-hybridized carbons (Fsp3) is 0.273. The first-order chi connectivity index (χ1) is 8.88. The van der Waals surface area contributed by atoms with Crippen LogP contribution in [0, 0.1) is 0 Å². The van der Waals surface area contributed by atoms with Gasteiger partial charge in [-0.25, -0.2) is 13.1 Å². The summed E-state index contributed by atoms with van der Waals surface area (Å²) in [5, 5.41) is 7.86. The van der Waals surface area contributed by atoms with Gasteiger partial charge in [-0.1, -0.05) is 11.6 Å². The van der Waals surface area contributed by atoms with Crippen LogP contribution in [-0.4, -0.2) is 29.6 Å². The number of nitrogens with zero attached hydrogens (tertiary/aromatic N) is 2. The SMILES string of the molecule is CC(C)NS(=O)(=O)c1nnc(-c2ccc(Cl)cc2)[nH]1. The summed E-state index contributed by atoms with van der Waals surface area (Å²) in [5.41, 5.74) is 0.711. The first kappa shape index (κ1) is 14.0. The number of hydrogen-bond donors (Lipinski definition) is 2. The maximum absolute atomic E-state index is 11.9. The first-order valence-electron chi connectivity index (χ1n) is 5.59. The fourth-order valence-electron chi connectivity index (χ4n) is 1.47. The average Bonchev–Trinajstić information content (AvgIpc) is 2.78. The molecule has 0 fully saturated rings. The number of nitrogens with one attached hydrogen (secondary N) is 2. The maximum Gasteiger partial charge on any atom is 0.276 e. The Balaban J connectivity index is 2.31. The van der Waals surface area contributed by atoms with Gasteiger partial charge in [0.05, 0.1) is 0 Å². The predicted octanol–water partition coefficient (Wildman–Crippen LogP) is 1.81. The molecule has 19 heavy (non-hydrogen) atoms. The fourth-order valence-corrected chi connectivity index (χ4v) is 2.71. The van der Waals surface area contributed by atoms with E-state index in [1.807, 2.05) is 0 Å². The molecule has 0 aliphatic heterocycles. The molecule has 6 nitrogen and oxygen atoms in total. The largest absolute Gasteiger partial charge is 0.311 e. The van der Waals surface area contributed by atoms with E-state index in [0.29, 0.717) is 16.4 Å². The third-order valence-electron chi connectivity index (χ3n) is 2.23. The van der Waals surface area contributed by atoms with E-state index in [9.17, 15) is 8.42 Å². The van der Waals surface area contributed by atoms with Crippen LogP contribution in [-0.2, 0) is 10.0 Å². The maximum atomic E-state index is 11.9. The van der Waals surface area contributed by atoms with Crippen molar-refractivity contribution < 1.29 is 8.42 Å². The lowest BCUT2D eigenvalue weighted by atomic mass is 10.2. The number of rotatable bonds is 4. The van der Waals surface area contributed by atoms with Crippen LogP contribution in [0.4, 0.5) is 0 Å². The van der Waals surface area contributed by atoms with Crippen LogP contribution in [0.1, 0.15) is 13.8 Å². The highest BCUT2D eigenvalue weighted by atomic mass is 35.5. The summed E-state index contributed by atoms with van der Waals surface area (Å²) in [4.78, 5) is 2.68. The Bertz CT molecular complexity index is 664. The summed E-state index contributed by atoms with van der Waals surface area (Å²) in [6.45, 7) is 3.46. The zero-order valence-corrected chi connectivity index (χ0v) is 12.0. The van der Waals surface area contributed by atoms with Crippen LogP contribution >= 0.6 is 11.6 Å². The minimum absolute atomic E-state index is 0.203. The molecule has 1 heterocycles. The number of aromatic nitrogens is 3. The van der Waals surface area contributed by atoms with E-state index < -0.39 is 10.0 Å². The Morgan fingerprint density at radius 3 is 2.42 bits per heavy atom. The number of halogens is 1. The summed E-state index contributed by atoms with van der Waals surface area (Å²) < 4.78 is 26.2. The second kappa shape index (κ2) is 5.28. The lowest BCUT2D eigenvalue weighted by molar-refractivity contribution is 0.561. The van der Waals surface area contributed by atoms with Gasteiger partial charge >= 0.3 is 0 Å². The zero-order chi connectivity index (χ0) is 14.0. The second-order valence-electron chi connectivity index (χ2n) is 4.26. The molecule has 8 heteroatoms. The molecule has 2 N–H and O–H groups in total. The minimum atomic E-state index is -3.66. The lowest BCUT2D eigenvalue weighted by Gasteiger charge is -2.05. The monoisotopic (exact) mass is 300 g/mol. The summed E-state index contributed by atoms with van der Waals surface area (Å²) in [5.74, 6) is 0.376. The Morgan fingerprint density at radius 2 is 1.84 bits per heavy atom. The minimum Gasteiger partial charge on any atom is -0.311 e. The molecular formula is C11H13ClN4O2S. The zero-order valence-electron chi connectivity index (χ0n) is 10.4. The average molecular weight is 301 g/mol. The van der Waals surface area contributed by atoms with Gasteiger partial charge in [-0.15, -0.1) is 10.2 Å². The lowest BCUT2D eigenvalue weighted by Crippen LogP contribution is -2.31. The van der Waals surface area contributed by atoms with Gasteiger partial charge in [0.1, 0.15) is 0 Å². The van der Waals surface area contributed by atoms with Crippen molar-refractivity contribution in [2.24, 2.45) is 0 Å². The molecule has 0 amide bonds. The van der Waals surface area contributed by atoms with Gasteiger partial charge in [-0.3, -0.25) is 0 Å². The molecule has 2 aromatic rings. The smallest absolute Gasteiger partial charge is 0.276 e. The van der Waals surface area contributed by atoms with E-state index in [0.717, 1.165) is 0 Å². The van der Waals surface area contributed by atoms with Crippen molar-refractivity contribution in [3.63, 3.8) is 0 Å². The van der Waals surface area contributed by atoms with Crippen LogP contribution in [0.3, 0.4) is 0 Å². The van der Waals surface area contributed by atoms with Crippen LogP contribution in [0.2, 0.25) is 5.02 Å². The number of sulfonamides is 1. The molecule has 0 aliphatic carbocycles. The van der Waals surface area contributed by atoms with Crippen LogP contribution in [0.25, 0.3) is 11.4 Å². The summed E-state index contributed by atoms with van der Waals surface area (Å²) in [6.07, 6.45) is 0. The molecule has 0 saturated carbocycles. The van der Waals surface area contributed by atoms with Crippen molar-refractivity contribution in [2.45, 2.75) is 25.0 Å². The van der Waals surface area contributed by atoms with Crippen molar-refractivity contribution in [1.82, 2.24) is 19.9 Å². The van der Waals surface area contributed by atoms with Crippen molar-refractivity contribution in [3.05, 3.63) is 29.3 Å². The standard InChI is InChI=1S/C11H13ClN4O2S/c1-7(2)16-19(17,18)11-13-10(14-15-11)8-3-5-9(12)6-4-8/h3-7,16H,1-2H3,(H,13,14,15). The third kappa shape index (κ3) is 3.31. The van der Waals surface area contributed by atoms with Gasteiger partial charge in [0.25, 0.3) is 15.2 Å². The number of H-pyrrole nitrogens is 1. The van der Waals surface area contributed by atoms with E-state index in [-0.39, 0.29) is 11.2 Å². The topological polar surface area (TPSA) is 87.7 Å². The van der Waals surface area contributed by atoms with Crippen molar-refractivity contribution in [2.75, 3.05) is 0 Å². The van der Waals surface area contributed by atoms with Gasteiger partial charge in [0.15, 0.2) is 5.82 Å². The van der Waals surface area contributed by atoms with Crippen LogP contribution in [0.5, 0.6) is 0 Å². The van der Waals surface area contributed by atoms with Gasteiger partial charge in [-0.05, 0) is 38.1 Å². The Labute approximate surface area is 116 Å². The Hall–Kier alpha value is -1.44. The first-order valence-corrected chi connectivity index (χ1v) is 7.45. The molecule has 1 aromatic carbocycles. The highest BCUT2D eigenvalue weighted by molar-refractivity contribution is 7.89. The summed E-state index contributed by atoms with van der Waals surface area (Å²) >= 11 is 5.78. The van der Waals surface area contributed by atoms with Crippen molar-refractivity contribution in [1.29, 1.82) is 0 Å². The molecule has 0 unspecified atom stereocenters. The molecule has 0 radical (unpaired) electrons. The highest BCUT2D eigenvalue weighted by Crippen LogP contribution is 2.18. The number of benzene rings is 1. The quantitative estimate of drug-likeness (QED) is 0.901. The van der Waals surface area contributed by atoms with Crippen molar-refractivity contribution >= 4 is 21.6 Å². The predicted molar refractivity (Wildman–Crippen MR) is 72.3 cm³/mol. The molecule has 1 aromatic heterocycles. The molecular weight excluding hydrogens is 288 g/mol. The third-order valence-corrected chi connectivity index (χ3v) is 3.96. The number of aromatic amines is 1. The molecule has 0 aliphatic rings. The van der Waals surface area contributed by atoms with Gasteiger partial charge < -0.3 is 4.98 Å². The van der Waals surface area contributed by atoms with Gasteiger partial charge in [-0.2, -0.15) is 0 Å². The normalized spacial score (nSPS) is 12.0. The van der Waals surface area contributed by atoms with Crippen molar-refractivity contribution in [3.8, 4) is 11.4 Å². The molecule has 0 atom stereocenters. The van der Waals surface area contributed by atoms with Gasteiger partial charge in [0.2, 0.25) is 0 Å².